The Morgan fingerprint density at radius 3 is 2.52 bits per heavy atom. The number of benzene rings is 1. The Kier molecular flexibility index (Phi) is 5.43. The SMILES string of the molecule is CNC(=O)c1c(Cl)cccc1NC(=O)c1cc(C)nn1-c1ncccc1Cl. The van der Waals surface area contributed by atoms with Crippen molar-refractivity contribution in [2.45, 2.75) is 6.92 Å². The highest BCUT2D eigenvalue weighted by Gasteiger charge is 2.21. The Hall–Kier alpha value is -2.90. The van der Waals surface area contributed by atoms with E-state index in [0.717, 1.165) is 0 Å². The van der Waals surface area contributed by atoms with Gasteiger partial charge in [0.1, 0.15) is 5.69 Å². The second-order valence-electron chi connectivity index (χ2n) is 5.59. The van der Waals surface area contributed by atoms with Crippen molar-refractivity contribution in [1.29, 1.82) is 0 Å². The molecule has 27 heavy (non-hydrogen) atoms. The van der Waals surface area contributed by atoms with Crippen molar-refractivity contribution in [3.05, 3.63) is 69.6 Å². The maximum atomic E-state index is 12.9. The summed E-state index contributed by atoms with van der Waals surface area (Å²) in [5.41, 5.74) is 1.29. The van der Waals surface area contributed by atoms with E-state index in [9.17, 15) is 9.59 Å². The number of pyridine rings is 1. The average Bonchev–Trinajstić information content (AvgIpc) is 3.03. The van der Waals surface area contributed by atoms with Gasteiger partial charge >= 0.3 is 0 Å². The van der Waals surface area contributed by atoms with E-state index in [1.807, 2.05) is 0 Å². The Morgan fingerprint density at radius 2 is 1.81 bits per heavy atom. The van der Waals surface area contributed by atoms with E-state index in [4.69, 9.17) is 23.2 Å². The molecule has 0 aliphatic carbocycles. The molecule has 0 aliphatic rings. The van der Waals surface area contributed by atoms with Gasteiger partial charge in [-0.2, -0.15) is 5.10 Å². The molecule has 0 atom stereocenters. The molecular formula is C18H15Cl2N5O2. The second-order valence-corrected chi connectivity index (χ2v) is 6.40. The average molecular weight is 404 g/mol. The number of carbonyl (C=O) groups is 2. The van der Waals surface area contributed by atoms with Crippen molar-refractivity contribution in [3.63, 3.8) is 0 Å². The molecule has 9 heteroatoms. The number of nitrogens with zero attached hydrogens (tertiary/aromatic N) is 3. The molecule has 138 valence electrons. The fraction of sp³-hybridized carbons (Fsp3) is 0.111. The number of hydrogen-bond donors (Lipinski definition) is 2. The highest BCUT2D eigenvalue weighted by molar-refractivity contribution is 6.35. The lowest BCUT2D eigenvalue weighted by atomic mass is 10.1. The minimum atomic E-state index is -0.482. The molecule has 0 fully saturated rings. The first-order chi connectivity index (χ1) is 12.9. The summed E-state index contributed by atoms with van der Waals surface area (Å²) < 4.78 is 1.36. The van der Waals surface area contributed by atoms with Crippen LogP contribution in [-0.2, 0) is 0 Å². The third-order valence-electron chi connectivity index (χ3n) is 3.72. The van der Waals surface area contributed by atoms with Crippen molar-refractivity contribution in [2.75, 3.05) is 12.4 Å². The molecule has 3 rings (SSSR count). The number of anilines is 1. The number of nitrogens with one attached hydrogen (secondary N) is 2. The molecule has 3 aromatic rings. The molecule has 0 unspecified atom stereocenters. The maximum absolute atomic E-state index is 12.9. The summed E-state index contributed by atoms with van der Waals surface area (Å²) in [7, 11) is 1.48. The number of aromatic nitrogens is 3. The smallest absolute Gasteiger partial charge is 0.274 e. The second kappa shape index (κ2) is 7.77. The molecule has 0 saturated heterocycles. The quantitative estimate of drug-likeness (QED) is 0.697. The van der Waals surface area contributed by atoms with E-state index < -0.39 is 11.8 Å². The van der Waals surface area contributed by atoms with Crippen LogP contribution in [0.5, 0.6) is 0 Å². The number of rotatable bonds is 4. The molecular weight excluding hydrogens is 389 g/mol. The van der Waals surface area contributed by atoms with Crippen molar-refractivity contribution < 1.29 is 9.59 Å². The summed E-state index contributed by atoms with van der Waals surface area (Å²) in [6.45, 7) is 1.75. The van der Waals surface area contributed by atoms with Crippen molar-refractivity contribution >= 4 is 40.7 Å². The highest BCUT2D eigenvalue weighted by Crippen LogP contribution is 2.26. The number of amides is 2. The summed E-state index contributed by atoms with van der Waals surface area (Å²) in [6.07, 6.45) is 1.56. The molecule has 0 aliphatic heterocycles. The van der Waals surface area contributed by atoms with Crippen molar-refractivity contribution in [3.8, 4) is 5.82 Å². The molecule has 2 heterocycles. The zero-order valence-corrected chi connectivity index (χ0v) is 16.0. The van der Waals surface area contributed by atoms with Crippen molar-refractivity contribution in [1.82, 2.24) is 20.1 Å². The summed E-state index contributed by atoms with van der Waals surface area (Å²) in [5.74, 6) is -0.562. The highest BCUT2D eigenvalue weighted by atomic mass is 35.5. The van der Waals surface area contributed by atoms with Gasteiger partial charge in [0.05, 0.1) is 27.0 Å². The van der Waals surface area contributed by atoms with Gasteiger partial charge in [0, 0.05) is 13.2 Å². The molecule has 2 amide bonds. The normalized spacial score (nSPS) is 10.5. The van der Waals surface area contributed by atoms with Crippen LogP contribution in [0.3, 0.4) is 0 Å². The Morgan fingerprint density at radius 1 is 1.07 bits per heavy atom. The first kappa shape index (κ1) is 18.9. The molecule has 7 nitrogen and oxygen atoms in total. The Balaban J connectivity index is 2.01. The van der Waals surface area contributed by atoms with Gasteiger partial charge in [0.2, 0.25) is 0 Å². The van der Waals surface area contributed by atoms with Crippen LogP contribution in [0.2, 0.25) is 10.0 Å². The van der Waals surface area contributed by atoms with Crippen LogP contribution in [0.4, 0.5) is 5.69 Å². The van der Waals surface area contributed by atoms with Gasteiger partial charge in [-0.15, -0.1) is 0 Å². The lowest BCUT2D eigenvalue weighted by Crippen LogP contribution is -2.23. The fourth-order valence-electron chi connectivity index (χ4n) is 2.53. The minimum absolute atomic E-state index is 0.175. The van der Waals surface area contributed by atoms with Gasteiger partial charge in [0.25, 0.3) is 11.8 Å². The van der Waals surface area contributed by atoms with Gasteiger partial charge < -0.3 is 10.6 Å². The minimum Gasteiger partial charge on any atom is -0.355 e. The third-order valence-corrected chi connectivity index (χ3v) is 4.33. The fourth-order valence-corrected chi connectivity index (χ4v) is 2.99. The van der Waals surface area contributed by atoms with E-state index in [0.29, 0.717) is 16.5 Å². The number of hydrogen-bond acceptors (Lipinski definition) is 4. The standard InChI is InChI=1S/C18H15Cl2N5O2/c1-10-9-14(25(24-10)16-12(20)6-4-8-22-16)17(26)23-13-7-3-5-11(19)15(13)18(27)21-2/h3-9H,1-2H3,(H,21,27)(H,23,26). The molecule has 2 aromatic heterocycles. The van der Waals surface area contributed by atoms with E-state index in [1.54, 1.807) is 49.5 Å². The predicted molar refractivity (Wildman–Crippen MR) is 104 cm³/mol. The largest absolute Gasteiger partial charge is 0.355 e. The molecule has 0 radical (unpaired) electrons. The van der Waals surface area contributed by atoms with Crippen LogP contribution in [0.1, 0.15) is 26.5 Å². The molecule has 1 aromatic carbocycles. The van der Waals surface area contributed by atoms with Crippen LogP contribution < -0.4 is 10.6 Å². The summed E-state index contributed by atoms with van der Waals surface area (Å²) in [4.78, 5) is 29.2. The summed E-state index contributed by atoms with van der Waals surface area (Å²) in [5, 5.41) is 10.1. The van der Waals surface area contributed by atoms with Crippen LogP contribution >= 0.6 is 23.2 Å². The third kappa shape index (κ3) is 3.79. The lowest BCUT2D eigenvalue weighted by molar-refractivity contribution is 0.0964. The maximum Gasteiger partial charge on any atom is 0.274 e. The number of carbonyl (C=O) groups excluding carboxylic acids is 2. The van der Waals surface area contributed by atoms with Gasteiger partial charge in [-0.05, 0) is 37.3 Å². The van der Waals surface area contributed by atoms with Crippen LogP contribution in [0.25, 0.3) is 5.82 Å². The topological polar surface area (TPSA) is 88.9 Å². The van der Waals surface area contributed by atoms with Gasteiger partial charge in [0.15, 0.2) is 5.82 Å². The van der Waals surface area contributed by atoms with E-state index in [1.165, 1.54) is 11.7 Å². The first-order valence-corrected chi connectivity index (χ1v) is 8.67. The van der Waals surface area contributed by atoms with E-state index in [-0.39, 0.29) is 22.0 Å². The zero-order chi connectivity index (χ0) is 19.6. The van der Waals surface area contributed by atoms with E-state index >= 15 is 0 Å². The summed E-state index contributed by atoms with van der Waals surface area (Å²) >= 11 is 12.3. The number of halogens is 2. The summed E-state index contributed by atoms with van der Waals surface area (Å²) in [6, 6.07) is 9.75. The van der Waals surface area contributed by atoms with Crippen molar-refractivity contribution in [2.24, 2.45) is 0 Å². The molecule has 0 saturated carbocycles. The van der Waals surface area contributed by atoms with E-state index in [2.05, 4.69) is 20.7 Å². The zero-order valence-electron chi connectivity index (χ0n) is 14.5. The van der Waals surface area contributed by atoms with Gasteiger partial charge in [-0.1, -0.05) is 29.3 Å². The Bertz CT molecular complexity index is 1030. The van der Waals surface area contributed by atoms with Crippen LogP contribution in [0.15, 0.2) is 42.6 Å². The molecule has 2 N–H and O–H groups in total. The van der Waals surface area contributed by atoms with Gasteiger partial charge in [-0.3, -0.25) is 9.59 Å². The molecule has 0 bridgehead atoms. The van der Waals surface area contributed by atoms with Crippen LogP contribution in [0, 0.1) is 6.92 Å². The monoisotopic (exact) mass is 403 g/mol. The first-order valence-electron chi connectivity index (χ1n) is 7.92. The number of aryl methyl sites for hydroxylation is 1. The molecule has 0 spiro atoms. The van der Waals surface area contributed by atoms with Gasteiger partial charge in [-0.25, -0.2) is 9.67 Å². The van der Waals surface area contributed by atoms with Crippen LogP contribution in [-0.4, -0.2) is 33.6 Å². The Labute approximate surface area is 165 Å². The predicted octanol–water partition coefficient (Wildman–Crippen LogP) is 3.49. The lowest BCUT2D eigenvalue weighted by Gasteiger charge is -2.12.